The molecule has 20 heavy (non-hydrogen) atoms. The number of nitrogens with zero attached hydrogens (tertiary/aromatic N) is 1. The van der Waals surface area contributed by atoms with Crippen LogP contribution in [0.5, 0.6) is 0 Å². The summed E-state index contributed by atoms with van der Waals surface area (Å²) >= 11 is 0. The van der Waals surface area contributed by atoms with Crippen LogP contribution < -0.4 is 10.6 Å². The Labute approximate surface area is 120 Å². The van der Waals surface area contributed by atoms with E-state index in [1.165, 1.54) is 0 Å². The fourth-order valence-corrected chi connectivity index (χ4v) is 2.35. The van der Waals surface area contributed by atoms with Crippen molar-refractivity contribution in [3.8, 4) is 0 Å². The van der Waals surface area contributed by atoms with Crippen LogP contribution in [0.2, 0.25) is 0 Å². The topological polar surface area (TPSA) is 63.2 Å². The number of carbonyl (C=O) groups excluding carboxylic acids is 1. The maximum atomic E-state index is 12.3. The van der Waals surface area contributed by atoms with Crippen molar-refractivity contribution in [2.45, 2.75) is 32.9 Å². The van der Waals surface area contributed by atoms with E-state index in [1.807, 2.05) is 19.1 Å². The zero-order valence-electron chi connectivity index (χ0n) is 12.3. The second kappa shape index (κ2) is 6.81. The summed E-state index contributed by atoms with van der Waals surface area (Å²) < 4.78 is 5.49. The van der Waals surface area contributed by atoms with Gasteiger partial charge in [-0.15, -0.1) is 0 Å². The lowest BCUT2D eigenvalue weighted by molar-refractivity contribution is -0.135. The highest BCUT2D eigenvalue weighted by molar-refractivity contribution is 5.81. The standard InChI is InChI=1S/C15H23N3O2/c1-10(2)13(14-11(3)5-4-6-17-14)18-15(19)12-9-16-7-8-20-12/h4-6,10,12-13,16H,7-9H2,1-3H3,(H,18,19). The molecule has 2 atom stereocenters. The van der Waals surface area contributed by atoms with Crippen LogP contribution in [0.1, 0.15) is 31.1 Å². The highest BCUT2D eigenvalue weighted by Crippen LogP contribution is 2.22. The van der Waals surface area contributed by atoms with Gasteiger partial charge in [-0.25, -0.2) is 0 Å². The van der Waals surface area contributed by atoms with E-state index in [1.54, 1.807) is 6.20 Å². The van der Waals surface area contributed by atoms with Gasteiger partial charge < -0.3 is 15.4 Å². The molecule has 1 aromatic rings. The molecule has 1 aliphatic rings. The molecule has 0 radical (unpaired) electrons. The van der Waals surface area contributed by atoms with Gasteiger partial charge in [-0.3, -0.25) is 9.78 Å². The van der Waals surface area contributed by atoms with Crippen molar-refractivity contribution in [1.29, 1.82) is 0 Å². The van der Waals surface area contributed by atoms with E-state index >= 15 is 0 Å². The van der Waals surface area contributed by atoms with E-state index in [2.05, 4.69) is 29.5 Å². The molecule has 2 heterocycles. The van der Waals surface area contributed by atoms with E-state index in [4.69, 9.17) is 4.74 Å². The third-order valence-corrected chi connectivity index (χ3v) is 3.53. The highest BCUT2D eigenvalue weighted by atomic mass is 16.5. The van der Waals surface area contributed by atoms with Gasteiger partial charge in [0.1, 0.15) is 6.10 Å². The first kappa shape index (κ1) is 14.9. The van der Waals surface area contributed by atoms with Crippen LogP contribution in [0.15, 0.2) is 18.3 Å². The maximum Gasteiger partial charge on any atom is 0.251 e. The minimum atomic E-state index is -0.408. The van der Waals surface area contributed by atoms with Crippen LogP contribution >= 0.6 is 0 Å². The summed E-state index contributed by atoms with van der Waals surface area (Å²) in [7, 11) is 0. The van der Waals surface area contributed by atoms with Gasteiger partial charge in [-0.1, -0.05) is 19.9 Å². The molecule has 5 heteroatoms. The van der Waals surface area contributed by atoms with Gasteiger partial charge in [0.05, 0.1) is 18.3 Å². The smallest absolute Gasteiger partial charge is 0.251 e. The fourth-order valence-electron chi connectivity index (χ4n) is 2.35. The average molecular weight is 277 g/mol. The molecule has 0 spiro atoms. The van der Waals surface area contributed by atoms with Crippen molar-refractivity contribution in [2.24, 2.45) is 5.92 Å². The zero-order chi connectivity index (χ0) is 14.5. The first-order valence-electron chi connectivity index (χ1n) is 7.14. The molecule has 0 bridgehead atoms. The quantitative estimate of drug-likeness (QED) is 0.868. The summed E-state index contributed by atoms with van der Waals surface area (Å²) in [6.45, 7) is 8.13. The SMILES string of the molecule is Cc1cccnc1C(NC(=O)C1CNCCO1)C(C)C. The molecule has 0 aliphatic carbocycles. The number of hydrogen-bond acceptors (Lipinski definition) is 4. The molecule has 1 saturated heterocycles. The van der Waals surface area contributed by atoms with Crippen molar-refractivity contribution >= 4 is 5.91 Å². The monoisotopic (exact) mass is 277 g/mol. The Balaban J connectivity index is 2.10. The van der Waals surface area contributed by atoms with Crippen LogP contribution in [0.25, 0.3) is 0 Å². The van der Waals surface area contributed by atoms with Crippen molar-refractivity contribution < 1.29 is 9.53 Å². The average Bonchev–Trinajstić information content (AvgIpc) is 2.46. The summed E-state index contributed by atoms with van der Waals surface area (Å²) in [6.07, 6.45) is 1.36. The Morgan fingerprint density at radius 2 is 2.35 bits per heavy atom. The lowest BCUT2D eigenvalue weighted by Gasteiger charge is -2.28. The van der Waals surface area contributed by atoms with Gasteiger partial charge in [0.15, 0.2) is 0 Å². The Hall–Kier alpha value is -1.46. The van der Waals surface area contributed by atoms with Gasteiger partial charge >= 0.3 is 0 Å². The molecule has 1 amide bonds. The molecule has 1 fully saturated rings. The van der Waals surface area contributed by atoms with Crippen molar-refractivity contribution in [1.82, 2.24) is 15.6 Å². The predicted octanol–water partition coefficient (Wildman–Crippen LogP) is 1.19. The Morgan fingerprint density at radius 1 is 1.55 bits per heavy atom. The summed E-state index contributed by atoms with van der Waals surface area (Å²) in [5.41, 5.74) is 2.02. The van der Waals surface area contributed by atoms with Crippen LogP contribution in [-0.4, -0.2) is 36.7 Å². The van der Waals surface area contributed by atoms with Crippen LogP contribution in [0.3, 0.4) is 0 Å². The van der Waals surface area contributed by atoms with E-state index in [0.717, 1.165) is 17.8 Å². The lowest BCUT2D eigenvalue weighted by Crippen LogP contribution is -2.49. The van der Waals surface area contributed by atoms with Crippen molar-refractivity contribution in [3.05, 3.63) is 29.6 Å². The van der Waals surface area contributed by atoms with Crippen LogP contribution in [-0.2, 0) is 9.53 Å². The number of pyridine rings is 1. The third kappa shape index (κ3) is 3.55. The largest absolute Gasteiger partial charge is 0.366 e. The van der Waals surface area contributed by atoms with E-state index in [-0.39, 0.29) is 17.9 Å². The zero-order valence-corrected chi connectivity index (χ0v) is 12.3. The number of aryl methyl sites for hydroxylation is 1. The molecule has 0 aromatic carbocycles. The van der Waals surface area contributed by atoms with E-state index < -0.39 is 6.10 Å². The summed E-state index contributed by atoms with van der Waals surface area (Å²) in [6, 6.07) is 3.84. The minimum absolute atomic E-state index is 0.0686. The van der Waals surface area contributed by atoms with Gasteiger partial charge in [0.2, 0.25) is 0 Å². The lowest BCUT2D eigenvalue weighted by atomic mass is 9.97. The number of hydrogen-bond donors (Lipinski definition) is 2. The second-order valence-electron chi connectivity index (χ2n) is 5.50. The molecular weight excluding hydrogens is 254 g/mol. The molecule has 110 valence electrons. The molecule has 2 unspecified atom stereocenters. The van der Waals surface area contributed by atoms with Crippen LogP contribution in [0.4, 0.5) is 0 Å². The number of aromatic nitrogens is 1. The molecule has 0 saturated carbocycles. The third-order valence-electron chi connectivity index (χ3n) is 3.53. The minimum Gasteiger partial charge on any atom is -0.366 e. The summed E-state index contributed by atoms with van der Waals surface area (Å²) in [5.74, 6) is 0.199. The van der Waals surface area contributed by atoms with Gasteiger partial charge in [-0.2, -0.15) is 0 Å². The summed E-state index contributed by atoms with van der Waals surface area (Å²) in [4.78, 5) is 16.7. The first-order valence-corrected chi connectivity index (χ1v) is 7.14. The first-order chi connectivity index (χ1) is 9.59. The van der Waals surface area contributed by atoms with Crippen LogP contribution in [0, 0.1) is 12.8 Å². The molecule has 1 aliphatic heterocycles. The van der Waals surface area contributed by atoms with Gasteiger partial charge in [-0.05, 0) is 24.5 Å². The predicted molar refractivity (Wildman–Crippen MR) is 77.3 cm³/mol. The Kier molecular flexibility index (Phi) is 5.09. The molecule has 2 rings (SSSR count). The molecular formula is C15H23N3O2. The van der Waals surface area contributed by atoms with E-state index in [0.29, 0.717) is 13.2 Å². The van der Waals surface area contributed by atoms with Gasteiger partial charge in [0, 0.05) is 19.3 Å². The number of carbonyl (C=O) groups is 1. The number of ether oxygens (including phenoxy) is 1. The normalized spacial score (nSPS) is 20.7. The molecule has 2 N–H and O–H groups in total. The fraction of sp³-hybridized carbons (Fsp3) is 0.600. The van der Waals surface area contributed by atoms with Crippen molar-refractivity contribution in [3.63, 3.8) is 0 Å². The number of nitrogens with one attached hydrogen (secondary N) is 2. The maximum absolute atomic E-state index is 12.3. The second-order valence-corrected chi connectivity index (χ2v) is 5.50. The highest BCUT2D eigenvalue weighted by Gasteiger charge is 2.27. The van der Waals surface area contributed by atoms with E-state index in [9.17, 15) is 4.79 Å². The Morgan fingerprint density at radius 3 is 2.95 bits per heavy atom. The molecule has 5 nitrogen and oxygen atoms in total. The number of morpholine rings is 1. The Bertz CT molecular complexity index is 456. The van der Waals surface area contributed by atoms with Crippen molar-refractivity contribution in [2.75, 3.05) is 19.7 Å². The number of amides is 1. The number of rotatable bonds is 4. The van der Waals surface area contributed by atoms with Gasteiger partial charge in [0.25, 0.3) is 5.91 Å². The summed E-state index contributed by atoms with van der Waals surface area (Å²) in [5, 5.41) is 6.24. The molecule has 1 aromatic heterocycles.